The number of amides is 2. The van der Waals surface area contributed by atoms with Gasteiger partial charge in [0, 0.05) is 10.7 Å². The van der Waals surface area contributed by atoms with E-state index in [-0.39, 0.29) is 10.9 Å². The lowest BCUT2D eigenvalue weighted by Gasteiger charge is -2.18. The maximum absolute atomic E-state index is 12.3. The van der Waals surface area contributed by atoms with Crippen molar-refractivity contribution in [3.05, 3.63) is 63.6 Å². The van der Waals surface area contributed by atoms with Gasteiger partial charge in [-0.3, -0.25) is 4.79 Å². The molecule has 142 valence electrons. The van der Waals surface area contributed by atoms with E-state index in [9.17, 15) is 9.59 Å². The summed E-state index contributed by atoms with van der Waals surface area (Å²) in [5.41, 5.74) is 3.21. The molecule has 0 saturated heterocycles. The first kappa shape index (κ1) is 20.7. The summed E-state index contributed by atoms with van der Waals surface area (Å²) >= 11 is 11.9. The number of hydrogen-bond donors (Lipinski definition) is 2. The Morgan fingerprint density at radius 3 is 2.52 bits per heavy atom. The van der Waals surface area contributed by atoms with Gasteiger partial charge in [0.25, 0.3) is 5.91 Å². The van der Waals surface area contributed by atoms with Crippen LogP contribution in [0.25, 0.3) is 0 Å². The standard InChI is InChI=1S/C19H19Cl2N3O3/c1-19(2,3)27-18(26)24-22-11-12-5-4-6-14(9-12)23-17(25)15-8-7-13(20)10-16(15)21/h4-11H,1-3H3,(H,23,25)(H,24,26)/b22-11-. The third-order valence-corrected chi connectivity index (χ3v) is 3.64. The van der Waals surface area contributed by atoms with E-state index >= 15 is 0 Å². The van der Waals surface area contributed by atoms with Crippen LogP contribution >= 0.6 is 23.2 Å². The third kappa shape index (κ3) is 6.92. The van der Waals surface area contributed by atoms with Crippen LogP contribution in [0.1, 0.15) is 36.7 Å². The Hall–Kier alpha value is -2.57. The minimum atomic E-state index is -0.652. The van der Waals surface area contributed by atoms with Gasteiger partial charge >= 0.3 is 6.09 Å². The molecule has 8 heteroatoms. The summed E-state index contributed by atoms with van der Waals surface area (Å²) < 4.78 is 5.08. The molecule has 0 aliphatic rings. The summed E-state index contributed by atoms with van der Waals surface area (Å²) in [4.78, 5) is 23.9. The average molecular weight is 408 g/mol. The van der Waals surface area contributed by atoms with E-state index in [1.165, 1.54) is 12.3 Å². The topological polar surface area (TPSA) is 79.8 Å². The highest BCUT2D eigenvalue weighted by molar-refractivity contribution is 6.37. The van der Waals surface area contributed by atoms with Crippen molar-refractivity contribution in [1.82, 2.24) is 5.43 Å². The minimum Gasteiger partial charge on any atom is -0.443 e. The molecule has 2 aromatic carbocycles. The largest absolute Gasteiger partial charge is 0.443 e. The molecule has 0 aliphatic heterocycles. The summed E-state index contributed by atoms with van der Waals surface area (Å²) in [6.07, 6.45) is 0.787. The highest BCUT2D eigenvalue weighted by atomic mass is 35.5. The molecule has 0 radical (unpaired) electrons. The third-order valence-electron chi connectivity index (χ3n) is 3.09. The highest BCUT2D eigenvalue weighted by Crippen LogP contribution is 2.22. The highest BCUT2D eigenvalue weighted by Gasteiger charge is 2.15. The number of carbonyl (C=O) groups is 2. The quantitative estimate of drug-likeness (QED) is 0.545. The fourth-order valence-corrected chi connectivity index (χ4v) is 2.52. The molecule has 6 nitrogen and oxygen atoms in total. The van der Waals surface area contributed by atoms with E-state index < -0.39 is 11.7 Å². The van der Waals surface area contributed by atoms with Gasteiger partial charge in [0.2, 0.25) is 0 Å². The summed E-state index contributed by atoms with van der Waals surface area (Å²) in [6.45, 7) is 5.28. The lowest BCUT2D eigenvalue weighted by Crippen LogP contribution is -2.29. The SMILES string of the molecule is CC(C)(C)OC(=O)N/N=C\c1cccc(NC(=O)c2ccc(Cl)cc2Cl)c1. The number of hydrazone groups is 1. The molecule has 0 atom stereocenters. The Labute approximate surface area is 167 Å². The van der Waals surface area contributed by atoms with Crippen molar-refractivity contribution in [3.8, 4) is 0 Å². The predicted octanol–water partition coefficient (Wildman–Crippen LogP) is 5.10. The van der Waals surface area contributed by atoms with E-state index in [1.807, 2.05) is 0 Å². The second-order valence-corrected chi connectivity index (χ2v) is 7.42. The Balaban J connectivity index is 2.01. The summed E-state index contributed by atoms with van der Waals surface area (Å²) in [7, 11) is 0. The van der Waals surface area contributed by atoms with Gasteiger partial charge in [-0.05, 0) is 56.7 Å². The molecule has 0 unspecified atom stereocenters. The van der Waals surface area contributed by atoms with Gasteiger partial charge in [0.1, 0.15) is 5.60 Å². The predicted molar refractivity (Wildman–Crippen MR) is 108 cm³/mol. The average Bonchev–Trinajstić information content (AvgIpc) is 2.53. The number of halogens is 2. The molecule has 0 aromatic heterocycles. The molecule has 0 saturated carbocycles. The molecule has 2 N–H and O–H groups in total. The van der Waals surface area contributed by atoms with Crippen molar-refractivity contribution in [2.45, 2.75) is 26.4 Å². The number of nitrogens with zero attached hydrogens (tertiary/aromatic N) is 1. The minimum absolute atomic E-state index is 0.263. The zero-order valence-corrected chi connectivity index (χ0v) is 16.6. The van der Waals surface area contributed by atoms with Crippen molar-refractivity contribution in [1.29, 1.82) is 0 Å². The lowest BCUT2D eigenvalue weighted by molar-refractivity contribution is 0.0529. The van der Waals surface area contributed by atoms with Crippen LogP contribution in [0, 0.1) is 0 Å². The van der Waals surface area contributed by atoms with E-state index in [1.54, 1.807) is 57.2 Å². The van der Waals surface area contributed by atoms with Crippen LogP contribution < -0.4 is 10.7 Å². The maximum Gasteiger partial charge on any atom is 0.428 e. The maximum atomic E-state index is 12.3. The van der Waals surface area contributed by atoms with Crippen molar-refractivity contribution >= 4 is 47.1 Å². The molecule has 0 fully saturated rings. The number of hydrogen-bond acceptors (Lipinski definition) is 4. The molecule has 2 aromatic rings. The Morgan fingerprint density at radius 2 is 1.85 bits per heavy atom. The second kappa shape index (κ2) is 8.88. The molecule has 2 rings (SSSR count). The van der Waals surface area contributed by atoms with E-state index in [0.29, 0.717) is 21.8 Å². The van der Waals surface area contributed by atoms with Gasteiger partial charge < -0.3 is 10.1 Å². The smallest absolute Gasteiger partial charge is 0.428 e. The zero-order chi connectivity index (χ0) is 20.0. The first-order chi connectivity index (χ1) is 12.6. The summed E-state index contributed by atoms with van der Waals surface area (Å²) in [5.74, 6) is -0.363. The first-order valence-electron chi connectivity index (χ1n) is 8.02. The molecule has 27 heavy (non-hydrogen) atoms. The van der Waals surface area contributed by atoms with Gasteiger partial charge in [0.05, 0.1) is 16.8 Å². The Morgan fingerprint density at radius 1 is 1.11 bits per heavy atom. The normalized spacial score (nSPS) is 11.3. The van der Waals surface area contributed by atoms with Crippen LogP contribution in [0.15, 0.2) is 47.6 Å². The molecule has 0 spiro atoms. The summed E-state index contributed by atoms with van der Waals surface area (Å²) in [6, 6.07) is 11.6. The molecular formula is C19H19Cl2N3O3. The van der Waals surface area contributed by atoms with Crippen molar-refractivity contribution < 1.29 is 14.3 Å². The van der Waals surface area contributed by atoms with Crippen LogP contribution in [0.4, 0.5) is 10.5 Å². The first-order valence-corrected chi connectivity index (χ1v) is 8.78. The second-order valence-electron chi connectivity index (χ2n) is 6.58. The van der Waals surface area contributed by atoms with Gasteiger partial charge in [-0.15, -0.1) is 0 Å². The van der Waals surface area contributed by atoms with Crippen LogP contribution in [-0.2, 0) is 4.74 Å². The number of benzene rings is 2. The van der Waals surface area contributed by atoms with Crippen molar-refractivity contribution in [2.75, 3.05) is 5.32 Å². The van der Waals surface area contributed by atoms with Crippen LogP contribution in [0.2, 0.25) is 10.0 Å². The number of carbonyl (C=O) groups excluding carboxylic acids is 2. The Bertz CT molecular complexity index is 877. The van der Waals surface area contributed by atoms with Gasteiger partial charge in [0.15, 0.2) is 0 Å². The monoisotopic (exact) mass is 407 g/mol. The Kier molecular flexibility index (Phi) is 6.82. The van der Waals surface area contributed by atoms with Crippen LogP contribution in [0.5, 0.6) is 0 Å². The van der Waals surface area contributed by atoms with E-state index in [2.05, 4.69) is 15.8 Å². The number of anilines is 1. The summed E-state index contributed by atoms with van der Waals surface area (Å²) in [5, 5.41) is 7.29. The van der Waals surface area contributed by atoms with Crippen LogP contribution in [0.3, 0.4) is 0 Å². The van der Waals surface area contributed by atoms with E-state index in [0.717, 1.165) is 0 Å². The molecule has 2 amide bonds. The molecule has 0 bridgehead atoms. The molecular weight excluding hydrogens is 389 g/mol. The molecule has 0 aliphatic carbocycles. The van der Waals surface area contributed by atoms with Crippen molar-refractivity contribution in [3.63, 3.8) is 0 Å². The number of nitrogens with one attached hydrogen (secondary N) is 2. The van der Waals surface area contributed by atoms with E-state index in [4.69, 9.17) is 27.9 Å². The van der Waals surface area contributed by atoms with Gasteiger partial charge in [-0.2, -0.15) is 5.10 Å². The zero-order valence-electron chi connectivity index (χ0n) is 15.0. The van der Waals surface area contributed by atoms with Gasteiger partial charge in [-0.1, -0.05) is 35.3 Å². The lowest BCUT2D eigenvalue weighted by atomic mass is 10.2. The number of rotatable bonds is 4. The fourth-order valence-electron chi connectivity index (χ4n) is 2.03. The van der Waals surface area contributed by atoms with Crippen molar-refractivity contribution in [2.24, 2.45) is 5.10 Å². The van der Waals surface area contributed by atoms with Gasteiger partial charge in [-0.25, -0.2) is 10.2 Å². The van der Waals surface area contributed by atoms with Crippen LogP contribution in [-0.4, -0.2) is 23.8 Å². The molecule has 0 heterocycles. The fraction of sp³-hybridized carbons (Fsp3) is 0.211. The number of ether oxygens (including phenoxy) is 1.